The predicted molar refractivity (Wildman–Crippen MR) is 127 cm³/mol. The van der Waals surface area contributed by atoms with Gasteiger partial charge in [-0.05, 0) is 23.1 Å². The Balaban J connectivity index is 2.60. The van der Waals surface area contributed by atoms with E-state index in [1.165, 1.54) is 17.1 Å². The Morgan fingerprint density at radius 1 is 1.24 bits per heavy atom. The summed E-state index contributed by atoms with van der Waals surface area (Å²) in [6, 6.07) is 4.84. The SMILES string of the molecule is CC(C)C(C)(C)[SiH2]Oc1cn(-c2c(Cl)cc(C(F)(F)F)cc2Cl)nc1C=NC(C#N)=C(N)C#N. The summed E-state index contributed by atoms with van der Waals surface area (Å²) in [6.45, 7) is 8.27. The minimum atomic E-state index is -4.63. The molecular weight excluding hydrogens is 508 g/mol. The molecule has 0 spiro atoms. The van der Waals surface area contributed by atoms with Crippen LogP contribution in [0.3, 0.4) is 0 Å². The number of aromatic nitrogens is 2. The van der Waals surface area contributed by atoms with Gasteiger partial charge in [-0.15, -0.1) is 0 Å². The van der Waals surface area contributed by atoms with E-state index in [1.54, 1.807) is 12.1 Å². The minimum absolute atomic E-state index is 0.0122. The second-order valence-corrected chi connectivity index (χ2v) is 11.5. The van der Waals surface area contributed by atoms with Crippen molar-refractivity contribution < 1.29 is 17.6 Å². The van der Waals surface area contributed by atoms with Crippen LogP contribution in [0.25, 0.3) is 5.69 Å². The van der Waals surface area contributed by atoms with Gasteiger partial charge in [-0.25, -0.2) is 9.67 Å². The van der Waals surface area contributed by atoms with E-state index in [9.17, 15) is 13.2 Å². The van der Waals surface area contributed by atoms with Crippen LogP contribution in [0.2, 0.25) is 15.1 Å². The average molecular weight is 529 g/mol. The van der Waals surface area contributed by atoms with Gasteiger partial charge in [0.05, 0.1) is 28.0 Å². The number of hydrogen-bond acceptors (Lipinski definition) is 6. The summed E-state index contributed by atoms with van der Waals surface area (Å²) in [5, 5.41) is 21.7. The van der Waals surface area contributed by atoms with Gasteiger partial charge in [-0.3, -0.25) is 0 Å². The number of hydrogen-bond donors (Lipinski definition) is 1. The van der Waals surface area contributed by atoms with Crippen molar-refractivity contribution in [3.05, 3.63) is 51.0 Å². The zero-order valence-electron chi connectivity index (χ0n) is 18.7. The largest absolute Gasteiger partial charge is 0.546 e. The number of rotatable bonds is 7. The molecule has 0 aliphatic rings. The van der Waals surface area contributed by atoms with Crippen LogP contribution < -0.4 is 10.2 Å². The third-order valence-corrected chi connectivity index (χ3v) is 7.83. The summed E-state index contributed by atoms with van der Waals surface area (Å²) in [4.78, 5) is 3.91. The lowest BCUT2D eigenvalue weighted by molar-refractivity contribution is -0.137. The summed E-state index contributed by atoms with van der Waals surface area (Å²) >= 11 is 12.2. The van der Waals surface area contributed by atoms with Crippen molar-refractivity contribution in [2.75, 3.05) is 0 Å². The molecule has 7 nitrogen and oxygen atoms in total. The van der Waals surface area contributed by atoms with Crippen LogP contribution in [0, 0.1) is 28.6 Å². The quantitative estimate of drug-likeness (QED) is 0.303. The third kappa shape index (κ3) is 6.32. The predicted octanol–water partition coefficient (Wildman–Crippen LogP) is 5.15. The van der Waals surface area contributed by atoms with Crippen LogP contribution in [-0.4, -0.2) is 25.8 Å². The van der Waals surface area contributed by atoms with Gasteiger partial charge in [-0.2, -0.15) is 28.8 Å². The fourth-order valence-electron chi connectivity index (χ4n) is 2.40. The van der Waals surface area contributed by atoms with Crippen LogP contribution in [0.5, 0.6) is 5.75 Å². The normalized spacial score (nSPS) is 13.4. The molecule has 180 valence electrons. The molecule has 34 heavy (non-hydrogen) atoms. The van der Waals surface area contributed by atoms with Crippen LogP contribution in [0.15, 0.2) is 34.7 Å². The van der Waals surface area contributed by atoms with E-state index >= 15 is 0 Å². The molecule has 13 heteroatoms. The molecule has 0 aliphatic carbocycles. The highest BCUT2D eigenvalue weighted by atomic mass is 35.5. The first-order chi connectivity index (χ1) is 15.7. The number of halogens is 5. The molecule has 0 unspecified atom stereocenters. The van der Waals surface area contributed by atoms with Gasteiger partial charge < -0.3 is 10.2 Å². The number of nitriles is 2. The second kappa shape index (κ2) is 10.5. The Morgan fingerprint density at radius 2 is 1.82 bits per heavy atom. The van der Waals surface area contributed by atoms with Gasteiger partial charge in [0.2, 0.25) is 9.76 Å². The van der Waals surface area contributed by atoms with E-state index < -0.39 is 21.5 Å². The first-order valence-electron chi connectivity index (χ1n) is 9.84. The van der Waals surface area contributed by atoms with E-state index in [1.807, 2.05) is 0 Å². The lowest BCUT2D eigenvalue weighted by atomic mass is 9.99. The zero-order chi connectivity index (χ0) is 25.8. The molecule has 0 amide bonds. The minimum Gasteiger partial charge on any atom is -0.546 e. The Bertz CT molecular complexity index is 1200. The molecule has 0 bridgehead atoms. The molecule has 0 fully saturated rings. The van der Waals surface area contributed by atoms with E-state index in [2.05, 4.69) is 37.8 Å². The monoisotopic (exact) mass is 528 g/mol. The van der Waals surface area contributed by atoms with Gasteiger partial charge in [-0.1, -0.05) is 50.9 Å². The van der Waals surface area contributed by atoms with Crippen LogP contribution in [0.4, 0.5) is 13.2 Å². The summed E-state index contributed by atoms with van der Waals surface area (Å²) in [6.07, 6.45) is -2.03. The van der Waals surface area contributed by atoms with Crippen molar-refractivity contribution in [2.45, 2.75) is 38.9 Å². The molecule has 0 saturated carbocycles. The number of benzene rings is 1. The fourth-order valence-corrected chi connectivity index (χ4v) is 4.15. The highest BCUT2D eigenvalue weighted by Crippen LogP contribution is 2.38. The molecular formula is C21H21Cl2F3N6OSi. The highest BCUT2D eigenvalue weighted by molar-refractivity contribution is 6.38. The van der Waals surface area contributed by atoms with Crippen molar-refractivity contribution in [3.63, 3.8) is 0 Å². The Hall–Kier alpha value is -2.99. The Labute approximate surface area is 207 Å². The van der Waals surface area contributed by atoms with E-state index in [0.29, 0.717) is 5.92 Å². The molecule has 0 radical (unpaired) electrons. The van der Waals surface area contributed by atoms with Crippen molar-refractivity contribution in [1.29, 1.82) is 10.5 Å². The van der Waals surface area contributed by atoms with Crippen molar-refractivity contribution in [3.8, 4) is 23.6 Å². The summed E-state index contributed by atoms with van der Waals surface area (Å²) in [7, 11) is -1.18. The number of aliphatic imine (C=N–C) groups is 1. The lowest BCUT2D eigenvalue weighted by Gasteiger charge is -2.28. The zero-order valence-corrected chi connectivity index (χ0v) is 21.6. The van der Waals surface area contributed by atoms with Crippen molar-refractivity contribution >= 4 is 39.2 Å². The third-order valence-electron chi connectivity index (χ3n) is 5.24. The van der Waals surface area contributed by atoms with Crippen molar-refractivity contribution in [2.24, 2.45) is 16.6 Å². The van der Waals surface area contributed by atoms with Gasteiger partial charge in [0.15, 0.2) is 11.4 Å². The van der Waals surface area contributed by atoms with Crippen molar-refractivity contribution in [1.82, 2.24) is 9.78 Å². The van der Waals surface area contributed by atoms with E-state index in [0.717, 1.165) is 12.1 Å². The Morgan fingerprint density at radius 3 is 2.29 bits per heavy atom. The summed E-state index contributed by atoms with van der Waals surface area (Å²) < 4.78 is 46.5. The topological polar surface area (TPSA) is 113 Å². The molecule has 0 atom stereocenters. The Kier molecular flexibility index (Phi) is 8.43. The number of alkyl halides is 3. The molecule has 0 aliphatic heterocycles. The maximum Gasteiger partial charge on any atom is 0.416 e. The number of allylic oxidation sites excluding steroid dienone is 2. The fraction of sp³-hybridized carbons (Fsp3) is 0.333. The molecule has 1 aromatic heterocycles. The van der Waals surface area contributed by atoms with Crippen LogP contribution in [0.1, 0.15) is 39.0 Å². The summed E-state index contributed by atoms with van der Waals surface area (Å²) in [5.41, 5.74) is 3.92. The standard InChI is InChI=1S/C21H21Cl2F3N6OSi/c1-11(2)20(3,4)34-33-18-10-32(31-17(18)9-30-16(8-28)15(29)7-27)19-13(22)5-12(6-14(19)23)21(24,25)26/h5-6,9-11H,29,34H2,1-4H3. The van der Waals surface area contributed by atoms with Crippen LogP contribution >= 0.6 is 23.2 Å². The van der Waals surface area contributed by atoms with Gasteiger partial charge in [0, 0.05) is 0 Å². The lowest BCUT2D eigenvalue weighted by Crippen LogP contribution is -2.24. The highest BCUT2D eigenvalue weighted by Gasteiger charge is 2.32. The van der Waals surface area contributed by atoms with Gasteiger partial charge >= 0.3 is 6.18 Å². The molecule has 0 saturated heterocycles. The molecule has 2 N–H and O–H groups in total. The maximum atomic E-state index is 13.1. The first-order valence-corrected chi connectivity index (χ1v) is 11.9. The summed E-state index contributed by atoms with van der Waals surface area (Å²) in [5.74, 6) is 0.595. The smallest absolute Gasteiger partial charge is 0.416 e. The van der Waals surface area contributed by atoms with E-state index in [4.69, 9.17) is 43.9 Å². The molecule has 1 aromatic carbocycles. The molecule has 2 aromatic rings. The first kappa shape index (κ1) is 27.3. The average Bonchev–Trinajstić information content (AvgIpc) is 3.13. The van der Waals surface area contributed by atoms with Gasteiger partial charge in [0.25, 0.3) is 0 Å². The number of nitrogens with zero attached hydrogens (tertiary/aromatic N) is 5. The maximum absolute atomic E-state index is 13.1. The molecule has 1 heterocycles. The second-order valence-electron chi connectivity index (χ2n) is 8.29. The molecule has 2 rings (SSSR count). The van der Waals surface area contributed by atoms with Crippen LogP contribution in [-0.2, 0) is 6.18 Å². The van der Waals surface area contributed by atoms with Gasteiger partial charge in [0.1, 0.15) is 29.2 Å². The van der Waals surface area contributed by atoms with E-state index in [-0.39, 0.29) is 43.6 Å². The number of nitrogens with two attached hydrogens (primary N) is 1.